The van der Waals surface area contributed by atoms with E-state index in [1.165, 1.54) is 17.7 Å². The number of rotatable bonds is 5. The van der Waals surface area contributed by atoms with Gasteiger partial charge in [0.25, 0.3) is 5.88 Å². The highest BCUT2D eigenvalue weighted by Gasteiger charge is 2.25. The molecular weight excluding hydrogens is 318 g/mol. The summed E-state index contributed by atoms with van der Waals surface area (Å²) in [7, 11) is 0. The fourth-order valence-electron chi connectivity index (χ4n) is 2.05. The van der Waals surface area contributed by atoms with Gasteiger partial charge in [-0.2, -0.15) is 4.98 Å². The standard InChI is InChI=1S/C14H13N5O3S/c1-3-22-13-11(19(20)21)12(15-7-16-13)18-14-17-9-5-4-8(2)6-10(9)23-14/h4-7H,3H2,1-2H3,(H,15,16,17,18). The van der Waals surface area contributed by atoms with Gasteiger partial charge in [0.15, 0.2) is 5.13 Å². The van der Waals surface area contributed by atoms with Gasteiger partial charge in [-0.15, -0.1) is 0 Å². The van der Waals surface area contributed by atoms with Crippen LogP contribution in [0, 0.1) is 17.0 Å². The SMILES string of the molecule is CCOc1ncnc(Nc2nc3ccc(C)cc3s2)c1[N+](=O)[O-]. The summed E-state index contributed by atoms with van der Waals surface area (Å²) in [5.41, 5.74) is 1.65. The fraction of sp³-hybridized carbons (Fsp3) is 0.214. The smallest absolute Gasteiger partial charge is 0.373 e. The Hall–Kier alpha value is -2.81. The number of anilines is 2. The highest BCUT2D eigenvalue weighted by atomic mass is 32.1. The van der Waals surface area contributed by atoms with E-state index in [-0.39, 0.29) is 24.0 Å². The largest absolute Gasteiger partial charge is 0.473 e. The van der Waals surface area contributed by atoms with Crippen LogP contribution in [0.3, 0.4) is 0 Å². The van der Waals surface area contributed by atoms with Crippen molar-refractivity contribution in [3.05, 3.63) is 40.2 Å². The van der Waals surface area contributed by atoms with Crippen LogP contribution in [0.1, 0.15) is 12.5 Å². The Labute approximate surface area is 135 Å². The van der Waals surface area contributed by atoms with Crippen molar-refractivity contribution in [2.75, 3.05) is 11.9 Å². The predicted octanol–water partition coefficient (Wildman–Crippen LogP) is 3.45. The zero-order valence-electron chi connectivity index (χ0n) is 12.4. The summed E-state index contributed by atoms with van der Waals surface area (Å²) in [4.78, 5) is 22.9. The molecular formula is C14H13N5O3S. The van der Waals surface area contributed by atoms with E-state index in [2.05, 4.69) is 20.3 Å². The Morgan fingerprint density at radius 2 is 2.22 bits per heavy atom. The van der Waals surface area contributed by atoms with Gasteiger partial charge in [-0.3, -0.25) is 10.1 Å². The molecule has 23 heavy (non-hydrogen) atoms. The monoisotopic (exact) mass is 331 g/mol. The van der Waals surface area contributed by atoms with Crippen LogP contribution in [0.15, 0.2) is 24.5 Å². The molecule has 2 heterocycles. The number of hydrogen-bond donors (Lipinski definition) is 1. The summed E-state index contributed by atoms with van der Waals surface area (Å²) < 4.78 is 6.20. The van der Waals surface area contributed by atoms with E-state index < -0.39 is 4.92 Å². The molecule has 3 rings (SSSR count). The van der Waals surface area contributed by atoms with Crippen LogP contribution >= 0.6 is 11.3 Å². The van der Waals surface area contributed by atoms with E-state index >= 15 is 0 Å². The van der Waals surface area contributed by atoms with Crippen molar-refractivity contribution in [3.8, 4) is 5.88 Å². The van der Waals surface area contributed by atoms with Crippen LogP contribution in [-0.4, -0.2) is 26.5 Å². The number of aromatic nitrogens is 3. The summed E-state index contributed by atoms with van der Waals surface area (Å²) in [6, 6.07) is 5.89. The zero-order chi connectivity index (χ0) is 16.4. The van der Waals surface area contributed by atoms with Gasteiger partial charge < -0.3 is 10.1 Å². The van der Waals surface area contributed by atoms with Crippen LogP contribution < -0.4 is 10.1 Å². The first-order valence-electron chi connectivity index (χ1n) is 6.85. The van der Waals surface area contributed by atoms with Crippen molar-refractivity contribution >= 4 is 38.2 Å². The lowest BCUT2D eigenvalue weighted by molar-refractivity contribution is -0.385. The molecule has 3 aromatic rings. The van der Waals surface area contributed by atoms with Crippen molar-refractivity contribution < 1.29 is 9.66 Å². The van der Waals surface area contributed by atoms with Crippen LogP contribution in [0.4, 0.5) is 16.6 Å². The Morgan fingerprint density at radius 3 is 2.96 bits per heavy atom. The maximum atomic E-state index is 11.3. The van der Waals surface area contributed by atoms with Crippen molar-refractivity contribution in [2.45, 2.75) is 13.8 Å². The van der Waals surface area contributed by atoms with E-state index in [1.807, 2.05) is 25.1 Å². The number of benzene rings is 1. The first-order valence-corrected chi connectivity index (χ1v) is 7.66. The van der Waals surface area contributed by atoms with Gasteiger partial charge in [0.05, 0.1) is 21.7 Å². The molecule has 0 fully saturated rings. The van der Waals surface area contributed by atoms with Crippen molar-refractivity contribution in [3.63, 3.8) is 0 Å². The molecule has 0 unspecified atom stereocenters. The van der Waals surface area contributed by atoms with E-state index in [9.17, 15) is 10.1 Å². The van der Waals surface area contributed by atoms with Gasteiger partial charge in [0, 0.05) is 0 Å². The Bertz CT molecular complexity index is 880. The highest BCUT2D eigenvalue weighted by Crippen LogP contribution is 2.35. The molecule has 0 aliphatic rings. The fourth-order valence-corrected chi connectivity index (χ4v) is 3.01. The third kappa shape index (κ3) is 3.04. The van der Waals surface area contributed by atoms with Gasteiger partial charge in [-0.1, -0.05) is 17.4 Å². The summed E-state index contributed by atoms with van der Waals surface area (Å²) in [6.07, 6.45) is 1.22. The average molecular weight is 331 g/mol. The molecule has 118 valence electrons. The molecule has 0 aliphatic carbocycles. The number of fused-ring (bicyclic) bond motifs is 1. The van der Waals surface area contributed by atoms with Crippen LogP contribution in [0.25, 0.3) is 10.2 Å². The maximum Gasteiger partial charge on any atom is 0.373 e. The lowest BCUT2D eigenvalue weighted by Crippen LogP contribution is -2.05. The van der Waals surface area contributed by atoms with E-state index in [0.29, 0.717) is 5.13 Å². The highest BCUT2D eigenvalue weighted by molar-refractivity contribution is 7.22. The molecule has 2 aromatic heterocycles. The normalized spacial score (nSPS) is 10.7. The summed E-state index contributed by atoms with van der Waals surface area (Å²) in [5, 5.41) is 14.7. The maximum absolute atomic E-state index is 11.3. The number of thiazole rings is 1. The van der Waals surface area contributed by atoms with Crippen LogP contribution in [0.5, 0.6) is 5.88 Å². The van der Waals surface area contributed by atoms with Gasteiger partial charge in [0.1, 0.15) is 6.33 Å². The van der Waals surface area contributed by atoms with E-state index in [4.69, 9.17) is 4.74 Å². The number of ether oxygens (including phenoxy) is 1. The average Bonchev–Trinajstić information content (AvgIpc) is 2.88. The van der Waals surface area contributed by atoms with Gasteiger partial charge >= 0.3 is 5.69 Å². The molecule has 0 spiro atoms. The summed E-state index contributed by atoms with van der Waals surface area (Å²) in [6.45, 7) is 4.00. The van der Waals surface area contributed by atoms with Gasteiger partial charge in [-0.05, 0) is 31.5 Å². The lowest BCUT2D eigenvalue weighted by atomic mass is 10.2. The van der Waals surface area contributed by atoms with Gasteiger partial charge in [-0.25, -0.2) is 9.97 Å². The molecule has 0 saturated carbocycles. The third-order valence-electron chi connectivity index (χ3n) is 3.02. The second kappa shape index (κ2) is 6.13. The number of nitrogens with zero attached hydrogens (tertiary/aromatic N) is 4. The Morgan fingerprint density at radius 1 is 1.39 bits per heavy atom. The minimum Gasteiger partial charge on any atom is -0.473 e. The minimum atomic E-state index is -0.565. The van der Waals surface area contributed by atoms with Crippen LogP contribution in [0.2, 0.25) is 0 Å². The van der Waals surface area contributed by atoms with E-state index in [0.717, 1.165) is 15.8 Å². The van der Waals surface area contributed by atoms with Gasteiger partial charge in [0.2, 0.25) is 5.82 Å². The second-order valence-corrected chi connectivity index (χ2v) is 5.71. The molecule has 0 amide bonds. The van der Waals surface area contributed by atoms with E-state index in [1.54, 1.807) is 6.92 Å². The van der Waals surface area contributed by atoms with Crippen molar-refractivity contribution in [1.82, 2.24) is 15.0 Å². The first-order chi connectivity index (χ1) is 11.1. The quantitative estimate of drug-likeness (QED) is 0.564. The molecule has 0 bridgehead atoms. The molecule has 1 aromatic carbocycles. The molecule has 9 heteroatoms. The van der Waals surface area contributed by atoms with Crippen molar-refractivity contribution in [1.29, 1.82) is 0 Å². The molecule has 0 atom stereocenters. The molecule has 1 N–H and O–H groups in total. The molecule has 8 nitrogen and oxygen atoms in total. The molecule has 0 aliphatic heterocycles. The molecule has 0 saturated heterocycles. The number of nitrogens with one attached hydrogen (secondary N) is 1. The first kappa shape index (κ1) is 15.1. The minimum absolute atomic E-state index is 0.0595. The summed E-state index contributed by atoms with van der Waals surface area (Å²) >= 11 is 1.40. The van der Waals surface area contributed by atoms with Crippen LogP contribution in [-0.2, 0) is 0 Å². The topological polar surface area (TPSA) is 103 Å². The summed E-state index contributed by atoms with van der Waals surface area (Å²) in [5.74, 6) is -0.00353. The Balaban J connectivity index is 2.00. The third-order valence-corrected chi connectivity index (χ3v) is 3.96. The zero-order valence-corrected chi connectivity index (χ0v) is 13.3. The predicted molar refractivity (Wildman–Crippen MR) is 87.5 cm³/mol. The number of nitro groups is 1. The number of aryl methyl sites for hydroxylation is 1. The Kier molecular flexibility index (Phi) is 4.02. The number of hydrogen-bond acceptors (Lipinski definition) is 8. The second-order valence-electron chi connectivity index (χ2n) is 4.68. The van der Waals surface area contributed by atoms with Crippen molar-refractivity contribution in [2.24, 2.45) is 0 Å². The lowest BCUT2D eigenvalue weighted by Gasteiger charge is -2.06. The molecule has 0 radical (unpaired) electrons.